The summed E-state index contributed by atoms with van der Waals surface area (Å²) in [5.41, 5.74) is 0.0197. The van der Waals surface area contributed by atoms with Crippen LogP contribution in [-0.4, -0.2) is 25.8 Å². The molecule has 2 aromatic heterocycles. The number of nitrogens with zero attached hydrogens (tertiary/aromatic N) is 3. The van der Waals surface area contributed by atoms with Crippen LogP contribution in [0.1, 0.15) is 30.2 Å². The molecule has 7 heteroatoms. The van der Waals surface area contributed by atoms with Gasteiger partial charge in [0.1, 0.15) is 5.15 Å². The highest BCUT2D eigenvalue weighted by Gasteiger charge is 2.10. The molecule has 0 spiro atoms. The Morgan fingerprint density at radius 1 is 1.47 bits per heavy atom. The number of carboxylic acid groups (broad SMARTS) is 1. The van der Waals surface area contributed by atoms with E-state index >= 15 is 0 Å². The van der Waals surface area contributed by atoms with Gasteiger partial charge in [0.25, 0.3) is 0 Å². The van der Waals surface area contributed by atoms with Gasteiger partial charge in [0.05, 0.1) is 18.0 Å². The lowest BCUT2D eigenvalue weighted by Gasteiger charge is -2.05. The predicted octanol–water partition coefficient (Wildman–Crippen LogP) is 3.00. The van der Waals surface area contributed by atoms with Gasteiger partial charge in [0, 0.05) is 12.1 Å². The second kappa shape index (κ2) is 5.27. The molecule has 0 aliphatic heterocycles. The van der Waals surface area contributed by atoms with Crippen molar-refractivity contribution in [2.24, 2.45) is 0 Å². The Bertz CT molecular complexity index is 610. The summed E-state index contributed by atoms with van der Waals surface area (Å²) in [6.07, 6.45) is 3.23. The lowest BCUT2D eigenvalue weighted by molar-refractivity contribution is 0.0696. The van der Waals surface area contributed by atoms with Crippen molar-refractivity contribution < 1.29 is 14.6 Å². The molecule has 6 nitrogen and oxygen atoms in total. The van der Waals surface area contributed by atoms with Gasteiger partial charge in [-0.05, 0) is 19.9 Å². The fourth-order valence-corrected chi connectivity index (χ4v) is 1.63. The average molecular weight is 282 g/mol. The molecule has 0 radical (unpaired) electrons. The number of rotatable bonds is 4. The first-order valence-corrected chi connectivity index (χ1v) is 5.96. The maximum Gasteiger partial charge on any atom is 0.335 e. The summed E-state index contributed by atoms with van der Waals surface area (Å²) >= 11 is 5.74. The lowest BCUT2D eigenvalue weighted by atomic mass is 10.3. The Morgan fingerprint density at radius 3 is 2.79 bits per heavy atom. The smallest absolute Gasteiger partial charge is 0.335 e. The first-order chi connectivity index (χ1) is 8.95. The molecule has 0 unspecified atom stereocenters. The number of pyridine rings is 1. The van der Waals surface area contributed by atoms with E-state index in [0.717, 1.165) is 0 Å². The molecule has 0 fully saturated rings. The van der Waals surface area contributed by atoms with Gasteiger partial charge in [-0.1, -0.05) is 11.6 Å². The van der Waals surface area contributed by atoms with Gasteiger partial charge in [-0.3, -0.25) is 4.68 Å². The summed E-state index contributed by atoms with van der Waals surface area (Å²) in [6, 6.07) is 2.77. The fraction of sp³-hybridized carbons (Fsp3) is 0.250. The second-order valence-electron chi connectivity index (χ2n) is 4.17. The summed E-state index contributed by atoms with van der Waals surface area (Å²) < 4.78 is 7.16. The SMILES string of the molecule is CC(C)n1cc(Oc2cc(C(=O)O)cc(Cl)n2)cn1. The summed E-state index contributed by atoms with van der Waals surface area (Å²) in [4.78, 5) is 14.8. The van der Waals surface area contributed by atoms with Crippen LogP contribution < -0.4 is 4.74 Å². The zero-order chi connectivity index (χ0) is 14.0. The van der Waals surface area contributed by atoms with Crippen LogP contribution in [0.5, 0.6) is 11.6 Å². The number of aromatic nitrogens is 3. The number of hydrogen-bond donors (Lipinski definition) is 1. The van der Waals surface area contributed by atoms with E-state index in [4.69, 9.17) is 21.4 Å². The van der Waals surface area contributed by atoms with Gasteiger partial charge in [0.15, 0.2) is 5.75 Å². The quantitative estimate of drug-likeness (QED) is 0.872. The van der Waals surface area contributed by atoms with Crippen molar-refractivity contribution >= 4 is 17.6 Å². The van der Waals surface area contributed by atoms with Gasteiger partial charge in [-0.15, -0.1) is 0 Å². The van der Waals surface area contributed by atoms with Gasteiger partial charge >= 0.3 is 5.97 Å². The summed E-state index contributed by atoms with van der Waals surface area (Å²) in [7, 11) is 0. The maximum absolute atomic E-state index is 10.9. The largest absolute Gasteiger partial charge is 0.478 e. The Hall–Kier alpha value is -2.08. The minimum Gasteiger partial charge on any atom is -0.478 e. The van der Waals surface area contributed by atoms with Crippen molar-refractivity contribution in [2.75, 3.05) is 0 Å². The van der Waals surface area contributed by atoms with Crippen LogP contribution in [0.25, 0.3) is 0 Å². The normalized spacial score (nSPS) is 10.7. The molecule has 0 saturated heterocycles. The predicted molar refractivity (Wildman–Crippen MR) is 68.9 cm³/mol. The Labute approximate surface area is 114 Å². The number of carboxylic acids is 1. The van der Waals surface area contributed by atoms with Gasteiger partial charge < -0.3 is 9.84 Å². The van der Waals surface area contributed by atoms with E-state index in [1.807, 2.05) is 13.8 Å². The van der Waals surface area contributed by atoms with Crippen molar-refractivity contribution in [3.63, 3.8) is 0 Å². The van der Waals surface area contributed by atoms with Crippen LogP contribution in [0.15, 0.2) is 24.5 Å². The van der Waals surface area contributed by atoms with Crippen molar-refractivity contribution in [1.82, 2.24) is 14.8 Å². The van der Waals surface area contributed by atoms with Gasteiger partial charge in [0.2, 0.25) is 5.88 Å². The van der Waals surface area contributed by atoms with Gasteiger partial charge in [-0.2, -0.15) is 5.10 Å². The Kier molecular flexibility index (Phi) is 3.71. The standard InChI is InChI=1S/C12H12ClN3O3/c1-7(2)16-6-9(5-14-16)19-11-4-8(12(17)18)3-10(13)15-11/h3-7H,1-2H3,(H,17,18). The third kappa shape index (κ3) is 3.23. The average Bonchev–Trinajstić information content (AvgIpc) is 2.76. The van der Waals surface area contributed by atoms with E-state index in [9.17, 15) is 4.79 Å². The summed E-state index contributed by atoms with van der Waals surface area (Å²) in [5.74, 6) is -0.500. The molecule has 2 heterocycles. The topological polar surface area (TPSA) is 77.2 Å². The lowest BCUT2D eigenvalue weighted by Crippen LogP contribution is -2.00. The molecule has 0 saturated carbocycles. The van der Waals surface area contributed by atoms with E-state index in [0.29, 0.717) is 5.75 Å². The molecular formula is C12H12ClN3O3. The Balaban J connectivity index is 2.24. The molecule has 0 bridgehead atoms. The highest BCUT2D eigenvalue weighted by atomic mass is 35.5. The number of aromatic carboxylic acids is 1. The van der Waals surface area contributed by atoms with Crippen LogP contribution in [-0.2, 0) is 0 Å². The Morgan fingerprint density at radius 2 is 2.21 bits per heavy atom. The van der Waals surface area contributed by atoms with Gasteiger partial charge in [-0.25, -0.2) is 9.78 Å². The van der Waals surface area contributed by atoms with Crippen LogP contribution in [0.2, 0.25) is 5.15 Å². The molecule has 0 aromatic carbocycles. The number of ether oxygens (including phenoxy) is 1. The van der Waals surface area contributed by atoms with E-state index in [2.05, 4.69) is 10.1 Å². The molecule has 2 rings (SSSR count). The van der Waals surface area contributed by atoms with E-state index in [-0.39, 0.29) is 22.6 Å². The van der Waals surface area contributed by atoms with E-state index < -0.39 is 5.97 Å². The maximum atomic E-state index is 10.9. The molecule has 100 valence electrons. The minimum atomic E-state index is -1.09. The van der Waals surface area contributed by atoms with Crippen LogP contribution in [0.4, 0.5) is 0 Å². The molecule has 0 aliphatic rings. The highest BCUT2D eigenvalue weighted by molar-refractivity contribution is 6.29. The molecule has 2 aromatic rings. The molecule has 19 heavy (non-hydrogen) atoms. The van der Waals surface area contributed by atoms with Crippen LogP contribution in [0, 0.1) is 0 Å². The third-order valence-corrected chi connectivity index (χ3v) is 2.54. The molecule has 0 amide bonds. The zero-order valence-electron chi connectivity index (χ0n) is 10.4. The number of halogens is 1. The van der Waals surface area contributed by atoms with Crippen molar-refractivity contribution in [3.05, 3.63) is 35.2 Å². The van der Waals surface area contributed by atoms with Crippen molar-refractivity contribution in [2.45, 2.75) is 19.9 Å². The van der Waals surface area contributed by atoms with E-state index in [1.54, 1.807) is 10.9 Å². The molecule has 0 atom stereocenters. The number of hydrogen-bond acceptors (Lipinski definition) is 4. The zero-order valence-corrected chi connectivity index (χ0v) is 11.1. The summed E-state index contributed by atoms with van der Waals surface area (Å²) in [5, 5.41) is 13.1. The third-order valence-electron chi connectivity index (χ3n) is 2.35. The van der Waals surface area contributed by atoms with Crippen LogP contribution in [0.3, 0.4) is 0 Å². The fourth-order valence-electron chi connectivity index (χ4n) is 1.43. The molecule has 0 aliphatic carbocycles. The molecule has 1 N–H and O–H groups in total. The first kappa shape index (κ1) is 13.4. The summed E-state index contributed by atoms with van der Waals surface area (Å²) in [6.45, 7) is 3.97. The monoisotopic (exact) mass is 281 g/mol. The van der Waals surface area contributed by atoms with Crippen molar-refractivity contribution in [3.8, 4) is 11.6 Å². The second-order valence-corrected chi connectivity index (χ2v) is 4.56. The highest BCUT2D eigenvalue weighted by Crippen LogP contribution is 2.23. The van der Waals surface area contributed by atoms with E-state index in [1.165, 1.54) is 18.3 Å². The number of carbonyl (C=O) groups is 1. The van der Waals surface area contributed by atoms with Crippen LogP contribution >= 0.6 is 11.6 Å². The minimum absolute atomic E-state index is 0.0197. The first-order valence-electron chi connectivity index (χ1n) is 5.58. The van der Waals surface area contributed by atoms with Crippen molar-refractivity contribution in [1.29, 1.82) is 0 Å². The molecular weight excluding hydrogens is 270 g/mol.